The van der Waals surface area contributed by atoms with Gasteiger partial charge in [-0.2, -0.15) is 4.57 Å². The number of rotatable bonds is 4. The average molecular weight is 533 g/mol. The van der Waals surface area contributed by atoms with Crippen molar-refractivity contribution in [3.63, 3.8) is 0 Å². The SMILES string of the molecule is CCOC(=O)C[n+]1c2c(c(-c3ccccc3)c3c1-c1ccccc1CC3)CCc1ccccc1-2.F[B-](F)(F)F. The molecule has 39 heavy (non-hydrogen) atoms. The molecule has 4 aromatic rings. The third-order valence-corrected chi connectivity index (χ3v) is 7.20. The number of aryl methyl sites for hydroxylation is 2. The van der Waals surface area contributed by atoms with Crippen LogP contribution < -0.4 is 4.57 Å². The minimum atomic E-state index is -6.00. The highest BCUT2D eigenvalue weighted by Crippen LogP contribution is 2.44. The van der Waals surface area contributed by atoms with E-state index in [2.05, 4.69) is 83.4 Å². The van der Waals surface area contributed by atoms with Crippen LogP contribution in [0, 0.1) is 0 Å². The van der Waals surface area contributed by atoms with Crippen LogP contribution >= 0.6 is 0 Å². The Bertz CT molecular complexity index is 1440. The largest absolute Gasteiger partial charge is 0.673 e. The predicted octanol–water partition coefficient (Wildman–Crippen LogP) is 7.04. The number of ether oxygens (including phenoxy) is 1. The Balaban J connectivity index is 0.000000567. The summed E-state index contributed by atoms with van der Waals surface area (Å²) in [6.07, 6.45) is 3.96. The number of fused-ring (bicyclic) bond motifs is 6. The van der Waals surface area contributed by atoms with Gasteiger partial charge in [-0.15, -0.1) is 0 Å². The minimum absolute atomic E-state index is 0.185. The van der Waals surface area contributed by atoms with E-state index in [0.29, 0.717) is 6.61 Å². The molecule has 3 nitrogen and oxygen atoms in total. The van der Waals surface area contributed by atoms with Crippen LogP contribution in [0.3, 0.4) is 0 Å². The zero-order chi connectivity index (χ0) is 27.6. The van der Waals surface area contributed by atoms with Crippen molar-refractivity contribution >= 4 is 13.2 Å². The Morgan fingerprint density at radius 3 is 1.69 bits per heavy atom. The number of hydrogen-bond donors (Lipinski definition) is 0. The van der Waals surface area contributed by atoms with Crippen LogP contribution in [0.4, 0.5) is 17.3 Å². The molecule has 3 aromatic carbocycles. The number of carbonyl (C=O) groups is 1. The molecule has 2 aliphatic rings. The van der Waals surface area contributed by atoms with Crippen molar-refractivity contribution in [1.29, 1.82) is 0 Å². The zero-order valence-corrected chi connectivity index (χ0v) is 21.6. The van der Waals surface area contributed by atoms with E-state index in [1.807, 2.05) is 6.92 Å². The topological polar surface area (TPSA) is 30.2 Å². The van der Waals surface area contributed by atoms with E-state index in [-0.39, 0.29) is 12.5 Å². The molecule has 0 spiro atoms. The van der Waals surface area contributed by atoms with Gasteiger partial charge >= 0.3 is 13.2 Å². The molecule has 6 rings (SSSR count). The predicted molar refractivity (Wildman–Crippen MR) is 145 cm³/mol. The highest BCUT2D eigenvalue weighted by Gasteiger charge is 2.38. The van der Waals surface area contributed by atoms with Crippen LogP contribution in [0.1, 0.15) is 29.2 Å². The molecule has 0 unspecified atom stereocenters. The summed E-state index contributed by atoms with van der Waals surface area (Å²) >= 11 is 0. The molecule has 0 bridgehead atoms. The van der Waals surface area contributed by atoms with Crippen molar-refractivity contribution in [2.75, 3.05) is 6.61 Å². The number of nitrogens with zero attached hydrogens (tertiary/aromatic N) is 1. The second-order valence-electron chi connectivity index (χ2n) is 9.60. The molecule has 0 fully saturated rings. The number of esters is 1. The summed E-state index contributed by atoms with van der Waals surface area (Å²) in [5, 5.41) is 0. The van der Waals surface area contributed by atoms with Gasteiger partial charge in [-0.1, -0.05) is 66.7 Å². The zero-order valence-electron chi connectivity index (χ0n) is 21.6. The van der Waals surface area contributed by atoms with E-state index in [9.17, 15) is 22.1 Å². The van der Waals surface area contributed by atoms with Gasteiger partial charge in [0.25, 0.3) is 0 Å². The van der Waals surface area contributed by atoms with E-state index in [4.69, 9.17) is 4.74 Å². The summed E-state index contributed by atoms with van der Waals surface area (Å²) in [6.45, 7) is 2.48. The highest BCUT2D eigenvalue weighted by atomic mass is 19.5. The summed E-state index contributed by atoms with van der Waals surface area (Å²) < 4.78 is 46.7. The van der Waals surface area contributed by atoms with Crippen molar-refractivity contribution in [1.82, 2.24) is 0 Å². The number of benzene rings is 3. The second-order valence-corrected chi connectivity index (χ2v) is 9.60. The molecule has 8 heteroatoms. The Kier molecular flexibility index (Phi) is 7.55. The normalized spacial score (nSPS) is 13.2. The summed E-state index contributed by atoms with van der Waals surface area (Å²) in [4.78, 5) is 12.9. The number of halogens is 4. The van der Waals surface area contributed by atoms with E-state index in [0.717, 1.165) is 25.7 Å². The fourth-order valence-electron chi connectivity index (χ4n) is 5.86. The maximum Gasteiger partial charge on any atom is 0.673 e. The Labute approximate surface area is 225 Å². The van der Waals surface area contributed by atoms with Gasteiger partial charge in [-0.05, 0) is 61.4 Å². The van der Waals surface area contributed by atoms with Gasteiger partial charge in [-0.3, -0.25) is 0 Å². The smallest absolute Gasteiger partial charge is 0.461 e. The number of hydrogen-bond acceptors (Lipinski definition) is 2. The summed E-state index contributed by atoms with van der Waals surface area (Å²) in [5.41, 5.74) is 12.8. The van der Waals surface area contributed by atoms with E-state index < -0.39 is 7.25 Å². The van der Waals surface area contributed by atoms with E-state index >= 15 is 0 Å². The monoisotopic (exact) mass is 533 g/mol. The van der Waals surface area contributed by atoms with Crippen LogP contribution in [0.2, 0.25) is 0 Å². The fourth-order valence-corrected chi connectivity index (χ4v) is 5.86. The lowest BCUT2D eigenvalue weighted by Crippen LogP contribution is -2.46. The fraction of sp³-hybridized carbons (Fsp3) is 0.226. The first-order valence-electron chi connectivity index (χ1n) is 13.1. The first-order valence-corrected chi connectivity index (χ1v) is 13.1. The molecule has 1 heterocycles. The van der Waals surface area contributed by atoms with E-state index in [1.165, 1.54) is 55.9 Å². The maximum absolute atomic E-state index is 12.9. The molecule has 2 aliphatic carbocycles. The first kappa shape index (κ1) is 26.7. The van der Waals surface area contributed by atoms with Crippen LogP contribution in [0.15, 0.2) is 78.9 Å². The molecule has 0 aliphatic heterocycles. The molecule has 0 N–H and O–H groups in total. The van der Waals surface area contributed by atoms with Gasteiger partial charge < -0.3 is 22.0 Å². The summed E-state index contributed by atoms with van der Waals surface area (Å²) in [7, 11) is -6.00. The lowest BCUT2D eigenvalue weighted by Gasteiger charge is -2.28. The molecule has 200 valence electrons. The van der Waals surface area contributed by atoms with Crippen LogP contribution in [0.5, 0.6) is 0 Å². The molecule has 0 radical (unpaired) electrons. The van der Waals surface area contributed by atoms with Gasteiger partial charge in [0.2, 0.25) is 17.9 Å². The standard InChI is InChI=1S/C31H28NO2.BF4/c1-2-34-28(33)20-32-30-24-14-8-6-10-21(24)16-18-26(30)29(23-12-4-3-5-13-23)27-19-17-22-11-7-9-15-25(22)31(27)32;2-1(3,4)5/h3-15H,2,16-20H2,1H3;/q+1;-1. The third-order valence-electron chi connectivity index (χ3n) is 7.20. The minimum Gasteiger partial charge on any atom is -0.461 e. The van der Waals surface area contributed by atoms with Crippen LogP contribution in [-0.2, 0) is 41.8 Å². The average Bonchev–Trinajstić information content (AvgIpc) is 2.92. The van der Waals surface area contributed by atoms with Crippen molar-refractivity contribution in [3.8, 4) is 33.6 Å². The molecular weight excluding hydrogens is 505 g/mol. The van der Waals surface area contributed by atoms with Crippen molar-refractivity contribution in [3.05, 3.63) is 101 Å². The van der Waals surface area contributed by atoms with E-state index in [1.54, 1.807) is 0 Å². The van der Waals surface area contributed by atoms with Gasteiger partial charge in [0.15, 0.2) is 0 Å². The lowest BCUT2D eigenvalue weighted by atomic mass is 9.77. The molecule has 1 aromatic heterocycles. The van der Waals surface area contributed by atoms with Crippen molar-refractivity contribution < 1.29 is 31.4 Å². The van der Waals surface area contributed by atoms with Crippen LogP contribution in [-0.4, -0.2) is 19.8 Å². The molecule has 0 saturated carbocycles. The number of pyridine rings is 1. The third kappa shape index (κ3) is 5.60. The first-order chi connectivity index (χ1) is 18.8. The molecule has 0 atom stereocenters. The van der Waals surface area contributed by atoms with Crippen molar-refractivity contribution in [2.45, 2.75) is 39.2 Å². The molecule has 0 saturated heterocycles. The molecular formula is C31H28BF4NO2. The Morgan fingerprint density at radius 1 is 0.744 bits per heavy atom. The van der Waals surface area contributed by atoms with Gasteiger partial charge in [-0.25, -0.2) is 4.79 Å². The summed E-state index contributed by atoms with van der Waals surface area (Å²) in [5.74, 6) is -0.185. The Morgan fingerprint density at radius 2 is 1.21 bits per heavy atom. The molecule has 0 amide bonds. The number of carbonyl (C=O) groups excluding carboxylic acids is 1. The highest BCUT2D eigenvalue weighted by molar-refractivity contribution is 6.50. The lowest BCUT2D eigenvalue weighted by molar-refractivity contribution is -0.665. The van der Waals surface area contributed by atoms with Gasteiger partial charge in [0.1, 0.15) is 0 Å². The second kappa shape index (κ2) is 11.0. The Hall–Kier alpha value is -3.94. The van der Waals surface area contributed by atoms with Gasteiger partial charge in [0, 0.05) is 27.8 Å². The summed E-state index contributed by atoms with van der Waals surface area (Å²) in [6, 6.07) is 28.1. The maximum atomic E-state index is 12.9. The number of aromatic nitrogens is 1. The quantitative estimate of drug-likeness (QED) is 0.122. The van der Waals surface area contributed by atoms with Crippen molar-refractivity contribution in [2.24, 2.45) is 0 Å². The van der Waals surface area contributed by atoms with Gasteiger partial charge in [0.05, 0.1) is 6.61 Å². The van der Waals surface area contributed by atoms with Crippen LogP contribution in [0.25, 0.3) is 33.6 Å².